The third-order valence-corrected chi connectivity index (χ3v) is 9.52. The maximum absolute atomic E-state index is 13.8. The van der Waals surface area contributed by atoms with Crippen LogP contribution in [0.1, 0.15) is 77.3 Å². The van der Waals surface area contributed by atoms with E-state index in [0.29, 0.717) is 64.5 Å². The van der Waals surface area contributed by atoms with Crippen LogP contribution in [-0.4, -0.2) is 26.6 Å². The molecular weight excluding hydrogens is 588 g/mol. The summed E-state index contributed by atoms with van der Waals surface area (Å²) in [6.07, 6.45) is 3.67. The minimum absolute atomic E-state index is 0.0307. The van der Waals surface area contributed by atoms with E-state index in [0.717, 1.165) is 0 Å². The van der Waals surface area contributed by atoms with Crippen LogP contribution in [0.15, 0.2) is 76.6 Å². The molecule has 0 aromatic heterocycles. The molecule has 0 saturated carbocycles. The second-order valence-corrected chi connectivity index (χ2v) is 15.0. The lowest BCUT2D eigenvalue weighted by molar-refractivity contribution is -0.120. The van der Waals surface area contributed by atoms with Gasteiger partial charge in [0.15, 0.2) is 23.1 Å². The average molecular weight is 625 g/mol. The van der Waals surface area contributed by atoms with Crippen LogP contribution in [0.5, 0.6) is 11.5 Å². The molecule has 3 aliphatic rings. The number of allylic oxidation sites excluding steroid dienone is 5. The highest BCUT2D eigenvalue weighted by Crippen LogP contribution is 2.54. The van der Waals surface area contributed by atoms with Gasteiger partial charge in [-0.1, -0.05) is 51.4 Å². The van der Waals surface area contributed by atoms with Gasteiger partial charge < -0.3 is 13.7 Å². The molecule has 0 saturated heterocycles. The fourth-order valence-corrected chi connectivity index (χ4v) is 7.38. The Morgan fingerprint density at radius 1 is 0.953 bits per heavy atom. The topological polar surface area (TPSA) is 96.0 Å². The van der Waals surface area contributed by atoms with Gasteiger partial charge >= 0.3 is 10.1 Å². The van der Waals surface area contributed by atoms with Crippen LogP contribution in [0.3, 0.4) is 0 Å². The molecule has 0 radical (unpaired) electrons. The van der Waals surface area contributed by atoms with Crippen molar-refractivity contribution in [3.8, 4) is 11.5 Å². The Bertz CT molecular complexity index is 1630. The van der Waals surface area contributed by atoms with Crippen molar-refractivity contribution in [2.45, 2.75) is 77.5 Å². The highest BCUT2D eigenvalue weighted by Gasteiger charge is 2.48. The van der Waals surface area contributed by atoms with Crippen LogP contribution in [0.2, 0.25) is 5.02 Å². The number of hydrogen-bond donors (Lipinski definition) is 0. The fraction of sp³-hybridized carbons (Fsp3) is 0.412. The Hall–Kier alpha value is -3.36. The number of ketones is 2. The summed E-state index contributed by atoms with van der Waals surface area (Å²) in [4.78, 5) is 27.5. The number of ether oxygens (including phenoxy) is 2. The van der Waals surface area contributed by atoms with E-state index in [1.54, 1.807) is 25.1 Å². The second kappa shape index (κ2) is 11.3. The SMILES string of the molecule is C=CCc1cc(C2C3=C(CC(C)(C)CC3=O)OC3=C2C(=O)CC(C)(C)C3)cc(OCC)c1OS(=O)(=O)c1ccc(Cl)cc1. The van der Waals surface area contributed by atoms with E-state index in [1.165, 1.54) is 24.3 Å². The Labute approximate surface area is 258 Å². The first-order valence-electron chi connectivity index (χ1n) is 14.5. The molecule has 0 bridgehead atoms. The van der Waals surface area contributed by atoms with Crippen LogP contribution >= 0.6 is 11.6 Å². The highest BCUT2D eigenvalue weighted by molar-refractivity contribution is 7.87. The average Bonchev–Trinajstić information content (AvgIpc) is 2.88. The lowest BCUT2D eigenvalue weighted by Crippen LogP contribution is -2.37. The maximum Gasteiger partial charge on any atom is 0.339 e. The number of carbonyl (C=O) groups is 2. The molecule has 0 fully saturated rings. The van der Waals surface area contributed by atoms with Crippen LogP contribution in [0.4, 0.5) is 0 Å². The van der Waals surface area contributed by atoms with Crippen LogP contribution < -0.4 is 8.92 Å². The number of hydrogen-bond acceptors (Lipinski definition) is 7. The Balaban J connectivity index is 1.71. The first-order chi connectivity index (χ1) is 20.1. The summed E-state index contributed by atoms with van der Waals surface area (Å²) >= 11 is 5.96. The van der Waals surface area contributed by atoms with E-state index in [9.17, 15) is 18.0 Å². The van der Waals surface area contributed by atoms with E-state index in [4.69, 9.17) is 25.3 Å². The van der Waals surface area contributed by atoms with Gasteiger partial charge in [0.05, 0.1) is 6.61 Å². The zero-order chi connectivity index (χ0) is 31.3. The standard InChI is InChI=1S/C34H37ClO7S/c1-7-9-20-14-21(15-26(40-8-2)32(20)42-43(38,39)23-12-10-22(35)11-13-23)29-30-24(36)16-33(3,4)18-27(30)41-28-19-34(5,6)17-25(37)31(28)29/h7,10-15,29H,1,8-9,16-19H2,2-6H3. The molecule has 0 unspecified atom stereocenters. The van der Waals surface area contributed by atoms with Gasteiger partial charge in [0.1, 0.15) is 16.4 Å². The van der Waals surface area contributed by atoms with Gasteiger partial charge in [0.2, 0.25) is 0 Å². The summed E-state index contributed by atoms with van der Waals surface area (Å²) < 4.78 is 44.8. The molecule has 7 nitrogen and oxygen atoms in total. The Morgan fingerprint density at radius 3 is 2.02 bits per heavy atom. The Morgan fingerprint density at radius 2 is 1.51 bits per heavy atom. The van der Waals surface area contributed by atoms with E-state index < -0.39 is 16.0 Å². The van der Waals surface area contributed by atoms with Crippen LogP contribution in [-0.2, 0) is 30.9 Å². The summed E-state index contributed by atoms with van der Waals surface area (Å²) in [7, 11) is -4.25. The monoisotopic (exact) mass is 624 g/mol. The van der Waals surface area contributed by atoms with E-state index in [2.05, 4.69) is 6.58 Å². The predicted octanol–water partition coefficient (Wildman–Crippen LogP) is 7.64. The van der Waals surface area contributed by atoms with Crippen molar-refractivity contribution >= 4 is 33.3 Å². The Kier molecular flexibility index (Phi) is 8.16. The summed E-state index contributed by atoms with van der Waals surface area (Å²) in [5.41, 5.74) is 1.54. The molecule has 2 aliphatic carbocycles. The van der Waals surface area contributed by atoms with Gasteiger partial charge in [-0.25, -0.2) is 0 Å². The number of carbonyl (C=O) groups excluding carboxylic acids is 2. The van der Waals surface area contributed by atoms with Gasteiger partial charge in [-0.3, -0.25) is 9.59 Å². The zero-order valence-electron chi connectivity index (χ0n) is 25.2. The minimum atomic E-state index is -4.25. The van der Waals surface area contributed by atoms with Gasteiger partial charge in [0, 0.05) is 53.3 Å². The zero-order valence-corrected chi connectivity index (χ0v) is 26.8. The number of halogens is 1. The molecule has 9 heteroatoms. The predicted molar refractivity (Wildman–Crippen MR) is 165 cm³/mol. The highest BCUT2D eigenvalue weighted by atomic mass is 35.5. The summed E-state index contributed by atoms with van der Waals surface area (Å²) in [5, 5.41) is 0.394. The van der Waals surface area contributed by atoms with E-state index in [-0.39, 0.29) is 51.8 Å². The first kappa shape index (κ1) is 31.1. The molecule has 0 N–H and O–H groups in total. The largest absolute Gasteiger partial charge is 0.490 e. The van der Waals surface area contributed by atoms with Crippen molar-refractivity contribution in [3.05, 3.63) is 87.9 Å². The molecule has 2 aromatic rings. The van der Waals surface area contributed by atoms with Crippen LogP contribution in [0, 0.1) is 10.8 Å². The number of Topliss-reactive ketones (excluding diaryl/α,β-unsaturated/α-hetero) is 2. The number of rotatable bonds is 8. The molecule has 43 heavy (non-hydrogen) atoms. The summed E-state index contributed by atoms with van der Waals surface area (Å²) in [5.74, 6) is 0.633. The quantitative estimate of drug-likeness (QED) is 0.220. The second-order valence-electron chi connectivity index (χ2n) is 13.0. The lowest BCUT2D eigenvalue weighted by atomic mass is 9.65. The molecular formula is C34H37ClO7S. The summed E-state index contributed by atoms with van der Waals surface area (Å²) in [6, 6.07) is 9.17. The molecule has 1 heterocycles. The van der Waals surface area contributed by atoms with Crippen molar-refractivity contribution < 1.29 is 31.7 Å². The van der Waals surface area contributed by atoms with Crippen molar-refractivity contribution in [2.75, 3.05) is 6.61 Å². The molecule has 0 atom stereocenters. The van der Waals surface area contributed by atoms with E-state index >= 15 is 0 Å². The van der Waals surface area contributed by atoms with Gasteiger partial charge in [0.25, 0.3) is 0 Å². The summed E-state index contributed by atoms with van der Waals surface area (Å²) in [6.45, 7) is 14.0. The maximum atomic E-state index is 13.8. The van der Waals surface area contributed by atoms with Gasteiger partial charge in [-0.2, -0.15) is 8.42 Å². The van der Waals surface area contributed by atoms with Crippen molar-refractivity contribution in [1.29, 1.82) is 0 Å². The smallest absolute Gasteiger partial charge is 0.339 e. The van der Waals surface area contributed by atoms with Crippen molar-refractivity contribution in [2.24, 2.45) is 10.8 Å². The van der Waals surface area contributed by atoms with Gasteiger partial charge in [-0.05, 0) is 60.1 Å². The van der Waals surface area contributed by atoms with E-state index in [1.807, 2.05) is 27.7 Å². The minimum Gasteiger partial charge on any atom is -0.490 e. The number of benzene rings is 2. The van der Waals surface area contributed by atoms with Gasteiger partial charge in [-0.15, -0.1) is 6.58 Å². The molecule has 0 spiro atoms. The van der Waals surface area contributed by atoms with Crippen LogP contribution in [0.25, 0.3) is 0 Å². The lowest BCUT2D eigenvalue weighted by Gasteiger charge is -2.42. The van der Waals surface area contributed by atoms with Crippen molar-refractivity contribution in [1.82, 2.24) is 0 Å². The molecule has 5 rings (SSSR count). The molecule has 2 aromatic carbocycles. The fourth-order valence-electron chi connectivity index (χ4n) is 6.28. The first-order valence-corrected chi connectivity index (χ1v) is 16.2. The third kappa shape index (κ3) is 6.18. The van der Waals surface area contributed by atoms with Crippen molar-refractivity contribution in [3.63, 3.8) is 0 Å². The molecule has 1 aliphatic heterocycles. The normalized spacial score (nSPS) is 19.9. The molecule has 228 valence electrons. The molecule has 0 amide bonds. The third-order valence-electron chi connectivity index (χ3n) is 8.03.